The van der Waals surface area contributed by atoms with Crippen LogP contribution in [-0.2, 0) is 166 Å². The summed E-state index contributed by atoms with van der Waals surface area (Å²) in [6.45, 7) is 12.0. The second kappa shape index (κ2) is 65.3. The van der Waals surface area contributed by atoms with Crippen LogP contribution in [0.5, 0.6) is 0 Å². The van der Waals surface area contributed by atoms with E-state index in [0.29, 0.717) is 165 Å². The number of nitrogens with one attached hydrogen (secondary N) is 7. The van der Waals surface area contributed by atoms with E-state index in [1.165, 1.54) is 35.4 Å². The summed E-state index contributed by atoms with van der Waals surface area (Å²) >= 11 is 0. The van der Waals surface area contributed by atoms with Gasteiger partial charge in [0, 0.05) is 129 Å². The van der Waals surface area contributed by atoms with Gasteiger partial charge < -0.3 is 128 Å². The van der Waals surface area contributed by atoms with Gasteiger partial charge in [-0.2, -0.15) is 0 Å². The van der Waals surface area contributed by atoms with Gasteiger partial charge in [-0.1, -0.05) is 127 Å². The lowest BCUT2D eigenvalue weighted by Crippen LogP contribution is -2.53. The monoisotopic (exact) mass is 2160 g/mol. The van der Waals surface area contributed by atoms with E-state index in [2.05, 4.69) is 37.2 Å². The maximum absolute atomic E-state index is 15.2. The second-order valence-corrected chi connectivity index (χ2v) is 40.4. The number of hydrogen-bond donors (Lipinski definition) is 8. The maximum atomic E-state index is 15.2. The van der Waals surface area contributed by atoms with Crippen molar-refractivity contribution in [2.75, 3.05) is 189 Å². The number of nitrogens with two attached hydrogens (primary N) is 1. The summed E-state index contributed by atoms with van der Waals surface area (Å²) in [6.07, 6.45) is 0.265. The van der Waals surface area contributed by atoms with Gasteiger partial charge >= 0.3 is 24.2 Å². The van der Waals surface area contributed by atoms with Crippen molar-refractivity contribution in [1.82, 2.24) is 56.3 Å². The Morgan fingerprint density at radius 3 is 1.25 bits per heavy atom. The average molecular weight is 2160 g/mol. The molecule has 0 bridgehead atoms. The number of methoxy groups -OCH3 is 2. The Morgan fingerprint density at radius 1 is 0.436 bits per heavy atom. The number of carbonyl (C=O) groups excluding carboxylic acids is 13. The van der Waals surface area contributed by atoms with Gasteiger partial charge in [0.25, 0.3) is 11.1 Å². The molecule has 8 heterocycles. The summed E-state index contributed by atoms with van der Waals surface area (Å²) in [5.74, 6) is -8.00. The van der Waals surface area contributed by atoms with Crippen LogP contribution in [0, 0.1) is 5.92 Å². The third-order valence-corrected chi connectivity index (χ3v) is 29.3. The van der Waals surface area contributed by atoms with Gasteiger partial charge in [-0.25, -0.2) is 29.1 Å². The highest BCUT2D eigenvalue weighted by Gasteiger charge is 2.53. The first-order valence-electron chi connectivity index (χ1n) is 50.0. The first kappa shape index (κ1) is 122. The number of unbranched alkanes of at least 4 members (excludes halogenated alkanes) is 5. The predicted octanol–water partition coefficient (Wildman–Crippen LogP) is 7.78. The molecule has 820 valence electrons. The number of primary amides is 1. The number of ketones is 1. The molecule has 43 nitrogen and oxygen atoms in total. The number of hydrogen-bond acceptors (Lipinski definition) is 37. The maximum Gasteiger partial charge on any atom is 0.509 e. The van der Waals surface area contributed by atoms with Crippen LogP contribution in [0.1, 0.15) is 171 Å². The number of benzene rings is 2. The van der Waals surface area contributed by atoms with E-state index < -0.39 is 124 Å². The van der Waals surface area contributed by atoms with Crippen LogP contribution in [0.3, 0.4) is 0 Å². The number of Topliss-reactive ketones (excluding diaryl/α,β-unsaturated/α-hetero) is 1. The molecule has 0 fully saturated rings. The number of ether oxygens (including phenoxy) is 16. The standard InChI is InChI=1S/C101H138N12O31S4.CH4/c1-7-100(75-58-83-88-71(55-68-21-12-14-24-77(68)108-88)60-112(83)94(123)73(75)62-141-96(100)125)143-98(127)139-51-53-145-147-64-81(106-66(3)114)92(121)105-32-20-17-26-79(110-93(122)82(107-67(4)115)65-148-146-54-52-140-99(128)144-101(8-2)76-59-84-89-72(56-69-22-13-15-25-78(69)109-89)61-113(84)95(124)74(76)63-142-97(101)126)85(116)57-70(23-16-19-31-104-87(118)29-34-132-40-42-136-48-50-138-46-44-134-38-36-130-6)91(120)111-80(90(102)119)27-11-9-10-18-30-103-86(117)28-33-131-39-41-135-47-49-137-45-43-133-37-35-129-5;/h12-15,21-22,24-25,55-56,58-59,70,79-82H,7-11,16-20,23,26-54,57,60-65H2,1-6H3,(H2,102,119)(H,103,117)(H,104,118)(H,105,121)(H,106,114)(H,107,115)(H,110,122)(H,111,120);1H4/t70?,79?,80?,81-,82-,100+,101-;/m1./s1. The molecule has 0 saturated carbocycles. The second-order valence-electron chi connectivity index (χ2n) is 35.1. The SMILES string of the molecule is C.CC[C@]1(OC(=O)OCCSSC[C@@H](NC(C)=O)C(=O)NC(CCCCNC(=O)[C@@H](CSSCCOC(=O)O[C@]2(CC)C(=O)OCc3c2cc2n(c3=O)Cc3cc4ccccc4nc3-2)NC(C)=O)C(=O)CC(CCCCNC(=O)CCOCCOCCOCCOCCOC)C(=O)NC(CCCCCCNC(=O)CCOCCOCCOCCOCCOC)C(N)=O)C(=O)OCc2c1cc1n(c2=O)Cc2cc3ccccc3nc2-1. The third kappa shape index (κ3) is 37.8. The molecule has 6 aromatic rings. The molecule has 0 saturated heterocycles. The molecular weight excluding hydrogens is 2020 g/mol. The van der Waals surface area contributed by atoms with Crippen molar-refractivity contribution in [2.45, 2.75) is 200 Å². The fraction of sp³-hybridized carbons (Fsp3) is 0.598. The molecule has 4 aliphatic rings. The Labute approximate surface area is 881 Å². The Balaban J connectivity index is 0.0000246. The highest BCUT2D eigenvalue weighted by molar-refractivity contribution is 8.77. The number of cyclic esters (lactones) is 2. The van der Waals surface area contributed by atoms with E-state index in [4.69, 9.17) is 91.5 Å². The molecule has 2 aromatic carbocycles. The van der Waals surface area contributed by atoms with Crippen LogP contribution in [0.4, 0.5) is 9.59 Å². The minimum absolute atomic E-state index is 0. The highest BCUT2D eigenvalue weighted by atomic mass is 33.1. The van der Waals surface area contributed by atoms with E-state index in [9.17, 15) is 67.1 Å². The third-order valence-electron chi connectivity index (χ3n) is 24.6. The quantitative estimate of drug-likeness (QED) is 0.00780. The molecule has 0 aliphatic carbocycles. The van der Waals surface area contributed by atoms with Crippen molar-refractivity contribution in [3.05, 3.63) is 127 Å². The van der Waals surface area contributed by atoms with E-state index in [1.807, 2.05) is 60.7 Å². The van der Waals surface area contributed by atoms with Crippen LogP contribution < -0.4 is 54.1 Å². The predicted molar refractivity (Wildman–Crippen MR) is 557 cm³/mol. The number of amides is 8. The number of aromatic nitrogens is 4. The summed E-state index contributed by atoms with van der Waals surface area (Å²) in [6, 6.07) is 17.3. The Kier molecular flexibility index (Phi) is 53.3. The van der Waals surface area contributed by atoms with E-state index in [0.717, 1.165) is 43.5 Å². The van der Waals surface area contributed by atoms with Gasteiger partial charge in [-0.15, -0.1) is 0 Å². The summed E-state index contributed by atoms with van der Waals surface area (Å²) < 4.78 is 90.6. The average Bonchev–Trinajstić information content (AvgIpc) is 1.59. The number of nitrogens with zero attached hydrogens (tertiary/aromatic N) is 4. The smallest absolute Gasteiger partial charge is 0.457 e. The molecule has 7 atom stereocenters. The van der Waals surface area contributed by atoms with Gasteiger partial charge in [0.2, 0.25) is 58.5 Å². The molecule has 0 spiro atoms. The molecule has 9 N–H and O–H groups in total. The van der Waals surface area contributed by atoms with Gasteiger partial charge in [0.1, 0.15) is 44.6 Å². The van der Waals surface area contributed by atoms with Crippen LogP contribution in [0.25, 0.3) is 44.6 Å². The van der Waals surface area contributed by atoms with Crippen LogP contribution >= 0.6 is 43.2 Å². The molecule has 8 amide bonds. The highest BCUT2D eigenvalue weighted by Crippen LogP contribution is 2.44. The fourth-order valence-electron chi connectivity index (χ4n) is 16.8. The zero-order valence-corrected chi connectivity index (χ0v) is 88.0. The van der Waals surface area contributed by atoms with Crippen molar-refractivity contribution in [2.24, 2.45) is 11.7 Å². The van der Waals surface area contributed by atoms with Crippen molar-refractivity contribution < 1.29 is 138 Å². The molecule has 4 aromatic heterocycles. The number of rotatable bonds is 74. The minimum atomic E-state index is -2.07. The summed E-state index contributed by atoms with van der Waals surface area (Å²) in [7, 11) is 7.81. The molecular formula is C102H142N12O31S4. The van der Waals surface area contributed by atoms with Gasteiger partial charge in [-0.3, -0.25) is 52.7 Å². The van der Waals surface area contributed by atoms with Crippen LogP contribution in [-0.4, -0.2) is 310 Å². The summed E-state index contributed by atoms with van der Waals surface area (Å²) in [5, 5.41) is 21.2. The molecule has 0 radical (unpaired) electrons. The Morgan fingerprint density at radius 2 is 0.819 bits per heavy atom. The molecule has 149 heavy (non-hydrogen) atoms. The Hall–Kier alpha value is -10.9. The number of pyridine rings is 4. The Bertz CT molecular complexity index is 5570. The number of carbonyl (C=O) groups is 13. The zero-order valence-electron chi connectivity index (χ0n) is 84.7. The van der Waals surface area contributed by atoms with Crippen molar-refractivity contribution in [3.63, 3.8) is 0 Å². The number of esters is 2. The van der Waals surface area contributed by atoms with Crippen molar-refractivity contribution >= 4 is 142 Å². The lowest BCUT2D eigenvalue weighted by Gasteiger charge is -2.35. The molecule has 47 heteroatoms. The summed E-state index contributed by atoms with van der Waals surface area (Å²) in [4.78, 5) is 216. The number of fused-ring (bicyclic) bond motifs is 10. The van der Waals surface area contributed by atoms with E-state index in [1.54, 1.807) is 49.3 Å². The van der Waals surface area contributed by atoms with E-state index >= 15 is 4.79 Å². The lowest BCUT2D eigenvalue weighted by molar-refractivity contribution is -0.175. The molecule has 4 aliphatic heterocycles. The van der Waals surface area contributed by atoms with Crippen molar-refractivity contribution in [3.8, 4) is 22.8 Å². The minimum Gasteiger partial charge on any atom is -0.457 e. The first-order valence-corrected chi connectivity index (χ1v) is 55.0. The topological polar surface area (TPSA) is 550 Å². The van der Waals surface area contributed by atoms with E-state index in [-0.39, 0.29) is 208 Å². The lowest BCUT2D eigenvalue weighted by atomic mass is 9.85. The van der Waals surface area contributed by atoms with Crippen LogP contribution in [0.2, 0.25) is 0 Å². The molecule has 3 unspecified atom stereocenters. The molecule has 10 rings (SSSR count). The van der Waals surface area contributed by atoms with Crippen LogP contribution in [0.15, 0.2) is 82.4 Å². The number of para-hydroxylation sites is 2. The fourth-order valence-corrected chi connectivity index (χ4v) is 20.8. The first-order chi connectivity index (χ1) is 71.7. The normalized spacial score (nSPS) is 15.5. The van der Waals surface area contributed by atoms with Gasteiger partial charge in [-0.05, 0) is 94.2 Å². The van der Waals surface area contributed by atoms with Gasteiger partial charge in [0.05, 0.1) is 183 Å². The summed E-state index contributed by atoms with van der Waals surface area (Å²) in [5.41, 5.74) is 6.56. The largest absolute Gasteiger partial charge is 0.509 e. The zero-order chi connectivity index (χ0) is 106. The van der Waals surface area contributed by atoms with Crippen molar-refractivity contribution in [1.29, 1.82) is 0 Å². The van der Waals surface area contributed by atoms with Gasteiger partial charge in [0.15, 0.2) is 5.78 Å².